The summed E-state index contributed by atoms with van der Waals surface area (Å²) in [5.74, 6) is -1.02. The van der Waals surface area contributed by atoms with Crippen LogP contribution in [0.3, 0.4) is 0 Å². The third kappa shape index (κ3) is 4.36. The molecule has 0 aliphatic rings. The van der Waals surface area contributed by atoms with Crippen molar-refractivity contribution in [3.05, 3.63) is 62.3 Å². The summed E-state index contributed by atoms with van der Waals surface area (Å²) in [4.78, 5) is 34.6. The number of para-hydroxylation sites is 1. The average molecular weight is 334 g/mol. The van der Waals surface area contributed by atoms with Gasteiger partial charge in [0.2, 0.25) is 0 Å². The van der Waals surface area contributed by atoms with E-state index in [0.717, 1.165) is 0 Å². The van der Waals surface area contributed by atoms with Gasteiger partial charge < -0.3 is 10.1 Å². The fourth-order valence-electron chi connectivity index (χ4n) is 1.82. The molecule has 2 rings (SSSR count). The van der Waals surface area contributed by atoms with Crippen LogP contribution in [0.4, 0.5) is 5.69 Å². The SMILES string of the molecule is C[C@H](NC(=O)c1cccs1)C(=O)OCc1ccccc1[N+](=O)[O-]. The number of nitrogens with one attached hydrogen (secondary N) is 1. The molecule has 0 saturated heterocycles. The molecule has 1 aromatic heterocycles. The van der Waals surface area contributed by atoms with Crippen LogP contribution in [0.25, 0.3) is 0 Å². The minimum atomic E-state index is -0.854. The monoisotopic (exact) mass is 334 g/mol. The summed E-state index contributed by atoms with van der Waals surface area (Å²) in [6, 6.07) is 8.53. The summed E-state index contributed by atoms with van der Waals surface area (Å²) in [7, 11) is 0. The Bertz CT molecular complexity index is 714. The average Bonchev–Trinajstić information content (AvgIpc) is 3.07. The standard InChI is InChI=1S/C15H14N2O5S/c1-10(16-14(18)13-7-4-8-23-13)15(19)22-9-11-5-2-3-6-12(11)17(20)21/h2-8,10H,9H2,1H3,(H,16,18)/t10-/m0/s1. The lowest BCUT2D eigenvalue weighted by molar-refractivity contribution is -0.385. The van der Waals surface area contributed by atoms with Crippen LogP contribution in [-0.4, -0.2) is 22.8 Å². The van der Waals surface area contributed by atoms with E-state index >= 15 is 0 Å². The zero-order chi connectivity index (χ0) is 16.8. The molecule has 7 nitrogen and oxygen atoms in total. The molecule has 2 aromatic rings. The Hall–Kier alpha value is -2.74. The van der Waals surface area contributed by atoms with E-state index in [1.165, 1.54) is 36.5 Å². The highest BCUT2D eigenvalue weighted by molar-refractivity contribution is 7.12. The fourth-order valence-corrected chi connectivity index (χ4v) is 2.45. The van der Waals surface area contributed by atoms with E-state index < -0.39 is 16.9 Å². The first-order valence-electron chi connectivity index (χ1n) is 6.72. The first kappa shape index (κ1) is 16.6. The number of carbonyl (C=O) groups excluding carboxylic acids is 2. The Morgan fingerprint density at radius 1 is 1.30 bits per heavy atom. The van der Waals surface area contributed by atoms with Gasteiger partial charge in [0, 0.05) is 6.07 Å². The molecule has 0 aliphatic heterocycles. The van der Waals surface area contributed by atoms with Crippen molar-refractivity contribution in [2.24, 2.45) is 0 Å². The second-order valence-corrected chi connectivity index (χ2v) is 5.61. The van der Waals surface area contributed by atoms with E-state index in [4.69, 9.17) is 4.74 Å². The van der Waals surface area contributed by atoms with Crippen molar-refractivity contribution in [2.45, 2.75) is 19.6 Å². The van der Waals surface area contributed by atoms with E-state index in [1.54, 1.807) is 23.6 Å². The van der Waals surface area contributed by atoms with Gasteiger partial charge in [-0.05, 0) is 24.4 Å². The molecule has 0 saturated carbocycles. The number of nitro groups is 1. The largest absolute Gasteiger partial charge is 0.459 e. The number of ether oxygens (including phenoxy) is 1. The van der Waals surface area contributed by atoms with Gasteiger partial charge in [0.15, 0.2) is 0 Å². The molecular formula is C15H14N2O5S. The third-order valence-electron chi connectivity index (χ3n) is 3.00. The molecule has 23 heavy (non-hydrogen) atoms. The maximum atomic E-state index is 11.9. The fraction of sp³-hybridized carbons (Fsp3) is 0.200. The Morgan fingerprint density at radius 3 is 2.70 bits per heavy atom. The van der Waals surface area contributed by atoms with Crippen molar-refractivity contribution in [1.29, 1.82) is 0 Å². The quantitative estimate of drug-likeness (QED) is 0.497. The summed E-state index contributed by atoms with van der Waals surface area (Å²) in [6.45, 7) is 1.27. The van der Waals surface area contributed by atoms with Gasteiger partial charge in [-0.3, -0.25) is 14.9 Å². The highest BCUT2D eigenvalue weighted by Crippen LogP contribution is 2.18. The first-order valence-corrected chi connectivity index (χ1v) is 7.60. The highest BCUT2D eigenvalue weighted by atomic mass is 32.1. The molecule has 0 aliphatic carbocycles. The molecule has 1 amide bonds. The van der Waals surface area contributed by atoms with E-state index in [-0.39, 0.29) is 18.2 Å². The molecule has 0 unspecified atom stereocenters. The Labute approximate surface area is 136 Å². The molecule has 1 atom stereocenters. The lowest BCUT2D eigenvalue weighted by Gasteiger charge is -2.13. The number of nitro benzene ring substituents is 1. The van der Waals surface area contributed by atoms with Crippen LogP contribution < -0.4 is 5.32 Å². The van der Waals surface area contributed by atoms with Gasteiger partial charge in [-0.15, -0.1) is 11.3 Å². The van der Waals surface area contributed by atoms with E-state index in [0.29, 0.717) is 10.4 Å². The number of hydrogen-bond donors (Lipinski definition) is 1. The maximum absolute atomic E-state index is 11.9. The zero-order valence-corrected chi connectivity index (χ0v) is 13.0. The Balaban J connectivity index is 1.92. The molecule has 1 aromatic carbocycles. The van der Waals surface area contributed by atoms with Gasteiger partial charge in [-0.2, -0.15) is 0 Å². The van der Waals surface area contributed by atoms with Crippen LogP contribution in [0.15, 0.2) is 41.8 Å². The van der Waals surface area contributed by atoms with E-state index in [2.05, 4.69) is 5.32 Å². The lowest BCUT2D eigenvalue weighted by atomic mass is 10.2. The normalized spacial score (nSPS) is 11.5. The van der Waals surface area contributed by atoms with Gasteiger partial charge in [0.1, 0.15) is 12.6 Å². The predicted molar refractivity (Wildman–Crippen MR) is 84.1 cm³/mol. The molecule has 0 spiro atoms. The summed E-state index contributed by atoms with van der Waals surface area (Å²) >= 11 is 1.26. The topological polar surface area (TPSA) is 98.5 Å². The molecule has 1 heterocycles. The molecule has 0 radical (unpaired) electrons. The minimum absolute atomic E-state index is 0.115. The van der Waals surface area contributed by atoms with Crippen LogP contribution in [0.2, 0.25) is 0 Å². The molecule has 8 heteroatoms. The number of nitrogens with zero attached hydrogens (tertiary/aromatic N) is 1. The van der Waals surface area contributed by atoms with E-state index in [9.17, 15) is 19.7 Å². The van der Waals surface area contributed by atoms with Crippen LogP contribution >= 0.6 is 11.3 Å². The van der Waals surface area contributed by atoms with Crippen LogP contribution in [0.1, 0.15) is 22.2 Å². The number of amides is 1. The van der Waals surface area contributed by atoms with Gasteiger partial charge >= 0.3 is 5.97 Å². The lowest BCUT2D eigenvalue weighted by Crippen LogP contribution is -2.39. The highest BCUT2D eigenvalue weighted by Gasteiger charge is 2.20. The van der Waals surface area contributed by atoms with E-state index in [1.807, 2.05) is 0 Å². The molecule has 1 N–H and O–H groups in total. The number of rotatable bonds is 6. The van der Waals surface area contributed by atoms with Crippen molar-refractivity contribution >= 4 is 28.9 Å². The van der Waals surface area contributed by atoms with Crippen LogP contribution in [0.5, 0.6) is 0 Å². The first-order chi connectivity index (χ1) is 11.0. The Morgan fingerprint density at radius 2 is 2.04 bits per heavy atom. The smallest absolute Gasteiger partial charge is 0.328 e. The van der Waals surface area contributed by atoms with Crippen molar-refractivity contribution in [2.75, 3.05) is 0 Å². The maximum Gasteiger partial charge on any atom is 0.328 e. The summed E-state index contributed by atoms with van der Waals surface area (Å²) in [6.07, 6.45) is 0. The number of benzene rings is 1. The van der Waals surface area contributed by atoms with Gasteiger partial charge in [-0.1, -0.05) is 18.2 Å². The van der Waals surface area contributed by atoms with Gasteiger partial charge in [-0.25, -0.2) is 4.79 Å². The summed E-state index contributed by atoms with van der Waals surface area (Å²) in [5, 5.41) is 15.2. The number of carbonyl (C=O) groups is 2. The van der Waals surface area contributed by atoms with Crippen molar-refractivity contribution in [3.63, 3.8) is 0 Å². The van der Waals surface area contributed by atoms with Gasteiger partial charge in [0.25, 0.3) is 11.6 Å². The van der Waals surface area contributed by atoms with Crippen molar-refractivity contribution in [3.8, 4) is 0 Å². The summed E-state index contributed by atoms with van der Waals surface area (Å²) in [5.41, 5.74) is 0.179. The Kier molecular flexibility index (Phi) is 5.42. The third-order valence-corrected chi connectivity index (χ3v) is 3.87. The number of thiophene rings is 1. The molecule has 120 valence electrons. The van der Waals surface area contributed by atoms with Crippen molar-refractivity contribution in [1.82, 2.24) is 5.32 Å². The van der Waals surface area contributed by atoms with Crippen LogP contribution in [0, 0.1) is 10.1 Å². The molecular weight excluding hydrogens is 320 g/mol. The molecule has 0 bridgehead atoms. The van der Waals surface area contributed by atoms with Gasteiger partial charge in [0.05, 0.1) is 15.4 Å². The number of esters is 1. The molecule has 0 fully saturated rings. The zero-order valence-electron chi connectivity index (χ0n) is 12.2. The van der Waals surface area contributed by atoms with Crippen molar-refractivity contribution < 1.29 is 19.2 Å². The predicted octanol–water partition coefficient (Wildman–Crippen LogP) is 2.52. The second kappa shape index (κ2) is 7.50. The summed E-state index contributed by atoms with van der Waals surface area (Å²) < 4.78 is 5.04. The van der Waals surface area contributed by atoms with Crippen LogP contribution in [-0.2, 0) is 16.1 Å². The second-order valence-electron chi connectivity index (χ2n) is 4.67. The number of hydrogen-bond acceptors (Lipinski definition) is 6. The minimum Gasteiger partial charge on any atom is -0.459 e.